The lowest BCUT2D eigenvalue weighted by atomic mass is 10.2. The van der Waals surface area contributed by atoms with E-state index in [2.05, 4.69) is 5.32 Å². The van der Waals surface area contributed by atoms with Gasteiger partial charge in [0, 0.05) is 18.5 Å². The number of benzene rings is 2. The van der Waals surface area contributed by atoms with Crippen molar-refractivity contribution in [1.29, 1.82) is 0 Å². The monoisotopic (exact) mass is 436 g/mol. The Morgan fingerprint density at radius 2 is 1.94 bits per heavy atom. The number of carbonyl (C=O) groups is 3. The van der Waals surface area contributed by atoms with Crippen LogP contribution in [0.5, 0.6) is 11.5 Å². The lowest BCUT2D eigenvalue weighted by Crippen LogP contribution is -2.37. The third-order valence-corrected chi connectivity index (χ3v) is 5.75. The van der Waals surface area contributed by atoms with E-state index in [-0.39, 0.29) is 30.9 Å². The van der Waals surface area contributed by atoms with E-state index < -0.39 is 11.8 Å². The number of imide groups is 1. The van der Waals surface area contributed by atoms with Crippen LogP contribution in [0.1, 0.15) is 16.1 Å². The summed E-state index contributed by atoms with van der Waals surface area (Å²) in [6, 6.07) is 14.3. The minimum absolute atomic E-state index is 0.0646. The van der Waals surface area contributed by atoms with Gasteiger partial charge in [0.15, 0.2) is 17.3 Å². The Hall–Kier alpha value is -3.72. The maximum absolute atomic E-state index is 12.6. The summed E-state index contributed by atoms with van der Waals surface area (Å²) < 4.78 is 16.1. The summed E-state index contributed by atoms with van der Waals surface area (Å²) in [5.41, 5.74) is 1.35. The van der Waals surface area contributed by atoms with E-state index in [9.17, 15) is 14.4 Å². The van der Waals surface area contributed by atoms with Gasteiger partial charge in [-0.05, 0) is 47.7 Å². The number of ether oxygens (including phenoxy) is 2. The van der Waals surface area contributed by atoms with Crippen LogP contribution in [-0.2, 0) is 4.79 Å². The molecule has 0 spiro atoms. The predicted octanol–water partition coefficient (Wildman–Crippen LogP) is 3.63. The van der Waals surface area contributed by atoms with Crippen molar-refractivity contribution in [2.75, 3.05) is 19.9 Å². The molecule has 0 radical (unpaired) electrons. The molecule has 2 aromatic carbocycles. The summed E-state index contributed by atoms with van der Waals surface area (Å²) in [7, 11) is 0. The summed E-state index contributed by atoms with van der Waals surface area (Å²) >= 11 is 0.863. The Bertz CT molecular complexity index is 1210. The molecule has 1 aromatic heterocycles. The molecule has 8 nitrogen and oxygen atoms in total. The topological polar surface area (TPSA) is 98.1 Å². The third kappa shape index (κ3) is 3.75. The first-order valence-electron chi connectivity index (χ1n) is 9.50. The molecular weight excluding hydrogens is 420 g/mol. The van der Waals surface area contributed by atoms with E-state index in [0.717, 1.165) is 27.6 Å². The first kappa shape index (κ1) is 19.3. The largest absolute Gasteiger partial charge is 0.454 e. The first-order chi connectivity index (χ1) is 15.1. The number of rotatable bonds is 5. The molecule has 1 fully saturated rings. The highest BCUT2D eigenvalue weighted by Crippen LogP contribution is 2.36. The van der Waals surface area contributed by atoms with Gasteiger partial charge < -0.3 is 19.2 Å². The van der Waals surface area contributed by atoms with Gasteiger partial charge in [0.1, 0.15) is 5.58 Å². The lowest BCUT2D eigenvalue weighted by Gasteiger charge is -2.12. The zero-order valence-corrected chi connectivity index (χ0v) is 16.9. The molecule has 0 bridgehead atoms. The lowest BCUT2D eigenvalue weighted by molar-refractivity contribution is -0.122. The highest BCUT2D eigenvalue weighted by molar-refractivity contribution is 8.18. The second-order valence-corrected chi connectivity index (χ2v) is 7.84. The molecule has 3 aromatic rings. The molecule has 9 heteroatoms. The molecule has 2 aliphatic rings. The zero-order chi connectivity index (χ0) is 21.4. The summed E-state index contributed by atoms with van der Waals surface area (Å²) in [5, 5.41) is 3.13. The maximum atomic E-state index is 12.6. The van der Waals surface area contributed by atoms with Gasteiger partial charge in [0.25, 0.3) is 17.1 Å². The first-order valence-corrected chi connectivity index (χ1v) is 10.3. The number of carbonyl (C=O) groups excluding carboxylic acids is 3. The predicted molar refractivity (Wildman–Crippen MR) is 114 cm³/mol. The van der Waals surface area contributed by atoms with Crippen LogP contribution in [0.2, 0.25) is 0 Å². The Morgan fingerprint density at radius 3 is 2.81 bits per heavy atom. The fourth-order valence-electron chi connectivity index (χ4n) is 3.31. The Kier molecular flexibility index (Phi) is 4.87. The molecule has 31 heavy (non-hydrogen) atoms. The van der Waals surface area contributed by atoms with Crippen LogP contribution < -0.4 is 14.8 Å². The van der Waals surface area contributed by atoms with Crippen molar-refractivity contribution in [2.24, 2.45) is 0 Å². The van der Waals surface area contributed by atoms with Gasteiger partial charge in [-0.1, -0.05) is 24.3 Å². The van der Waals surface area contributed by atoms with E-state index in [1.807, 2.05) is 18.2 Å². The highest BCUT2D eigenvalue weighted by atomic mass is 32.2. The maximum Gasteiger partial charge on any atom is 0.293 e. The summed E-state index contributed by atoms with van der Waals surface area (Å²) in [6.45, 7) is 0.343. The van der Waals surface area contributed by atoms with Gasteiger partial charge >= 0.3 is 0 Å². The van der Waals surface area contributed by atoms with Crippen LogP contribution in [0.3, 0.4) is 0 Å². The SMILES string of the molecule is O=C(NCCN1C(=O)S/C(=C/c2ccc3c(c2)OCO3)C1=O)c1cc2ccccc2o1. The van der Waals surface area contributed by atoms with Crippen molar-refractivity contribution in [1.82, 2.24) is 10.2 Å². The van der Waals surface area contributed by atoms with Crippen molar-refractivity contribution in [3.8, 4) is 11.5 Å². The fourth-order valence-corrected chi connectivity index (χ4v) is 4.17. The number of furan rings is 1. The van der Waals surface area contributed by atoms with Gasteiger partial charge in [-0.2, -0.15) is 0 Å². The number of nitrogens with one attached hydrogen (secondary N) is 1. The van der Waals surface area contributed by atoms with Crippen LogP contribution in [0.15, 0.2) is 57.9 Å². The van der Waals surface area contributed by atoms with E-state index >= 15 is 0 Å². The Morgan fingerprint density at radius 1 is 1.10 bits per heavy atom. The van der Waals surface area contributed by atoms with Crippen molar-refractivity contribution in [2.45, 2.75) is 0 Å². The fraction of sp³-hybridized carbons (Fsp3) is 0.136. The summed E-state index contributed by atoms with van der Waals surface area (Å²) in [6.07, 6.45) is 1.64. The van der Waals surface area contributed by atoms with E-state index in [0.29, 0.717) is 22.0 Å². The average molecular weight is 436 g/mol. The van der Waals surface area contributed by atoms with Gasteiger partial charge in [0.05, 0.1) is 4.91 Å². The van der Waals surface area contributed by atoms with Gasteiger partial charge in [-0.25, -0.2) is 0 Å². The molecule has 156 valence electrons. The van der Waals surface area contributed by atoms with Crippen LogP contribution in [0.4, 0.5) is 4.79 Å². The van der Waals surface area contributed by atoms with E-state index in [1.54, 1.807) is 36.4 Å². The summed E-state index contributed by atoms with van der Waals surface area (Å²) in [5.74, 6) is 0.620. The molecule has 3 amide bonds. The van der Waals surface area contributed by atoms with Crippen LogP contribution in [0, 0.1) is 0 Å². The standard InChI is InChI=1S/C22H16N2O6S/c25-20(18-11-14-3-1-2-4-15(14)30-18)23-7-8-24-21(26)19(31-22(24)27)10-13-5-6-16-17(9-13)29-12-28-16/h1-6,9-11H,7-8,12H2,(H,23,25)/b19-10+. The van der Waals surface area contributed by atoms with E-state index in [4.69, 9.17) is 13.9 Å². The number of amides is 3. The quantitative estimate of drug-likeness (QED) is 0.610. The molecular formula is C22H16N2O6S. The number of fused-ring (bicyclic) bond motifs is 2. The molecule has 1 N–H and O–H groups in total. The Balaban J connectivity index is 1.21. The van der Waals surface area contributed by atoms with Gasteiger partial charge in [-0.3, -0.25) is 19.3 Å². The molecule has 0 atom stereocenters. The number of nitrogens with zero attached hydrogens (tertiary/aromatic N) is 1. The average Bonchev–Trinajstić information content (AvgIpc) is 3.47. The number of hydrogen-bond acceptors (Lipinski definition) is 7. The molecule has 2 aliphatic heterocycles. The molecule has 1 saturated heterocycles. The minimum Gasteiger partial charge on any atom is -0.454 e. The molecule has 3 heterocycles. The van der Waals surface area contributed by atoms with E-state index in [1.165, 1.54) is 0 Å². The van der Waals surface area contributed by atoms with Gasteiger partial charge in [0.2, 0.25) is 6.79 Å². The zero-order valence-electron chi connectivity index (χ0n) is 16.1. The Labute approximate surface area is 180 Å². The molecule has 5 rings (SSSR count). The second kappa shape index (κ2) is 7.84. The van der Waals surface area contributed by atoms with Crippen LogP contribution >= 0.6 is 11.8 Å². The number of thioether (sulfide) groups is 1. The van der Waals surface area contributed by atoms with Crippen LogP contribution in [0.25, 0.3) is 17.0 Å². The second-order valence-electron chi connectivity index (χ2n) is 6.85. The van der Waals surface area contributed by atoms with Crippen molar-refractivity contribution in [3.05, 3.63) is 64.8 Å². The van der Waals surface area contributed by atoms with Crippen molar-refractivity contribution >= 4 is 45.9 Å². The highest BCUT2D eigenvalue weighted by Gasteiger charge is 2.34. The molecule has 0 unspecified atom stereocenters. The van der Waals surface area contributed by atoms with Gasteiger partial charge in [-0.15, -0.1) is 0 Å². The normalized spacial score (nSPS) is 16.5. The molecule has 0 saturated carbocycles. The third-order valence-electron chi connectivity index (χ3n) is 4.84. The smallest absolute Gasteiger partial charge is 0.293 e. The minimum atomic E-state index is -0.404. The molecule has 0 aliphatic carbocycles. The van der Waals surface area contributed by atoms with Crippen molar-refractivity contribution in [3.63, 3.8) is 0 Å². The van der Waals surface area contributed by atoms with Crippen LogP contribution in [-0.4, -0.2) is 41.8 Å². The number of para-hydroxylation sites is 1. The summed E-state index contributed by atoms with van der Waals surface area (Å²) in [4.78, 5) is 38.7. The number of hydrogen-bond donors (Lipinski definition) is 1. The van der Waals surface area contributed by atoms with Crippen molar-refractivity contribution < 1.29 is 28.3 Å².